The van der Waals surface area contributed by atoms with Gasteiger partial charge in [-0.2, -0.15) is 0 Å². The lowest BCUT2D eigenvalue weighted by molar-refractivity contribution is -0.136. The Labute approximate surface area is 194 Å². The summed E-state index contributed by atoms with van der Waals surface area (Å²) >= 11 is 0. The van der Waals surface area contributed by atoms with Crippen molar-refractivity contribution in [2.75, 3.05) is 57.3 Å². The number of rotatable bonds is 5. The van der Waals surface area contributed by atoms with Crippen molar-refractivity contribution in [1.82, 2.24) is 20.9 Å². The van der Waals surface area contributed by atoms with Crippen molar-refractivity contribution in [2.45, 2.75) is 32.2 Å². The minimum absolute atomic E-state index is 0.0225. The fraction of sp³-hybridized carbons (Fsp3) is 0.591. The Bertz CT molecular complexity index is 791. The van der Waals surface area contributed by atoms with Gasteiger partial charge in [0.05, 0.1) is 12.1 Å². The van der Waals surface area contributed by atoms with Gasteiger partial charge in [0.15, 0.2) is 0 Å². The smallest absolute Gasteiger partial charge is 0.246 e. The van der Waals surface area contributed by atoms with Crippen LogP contribution in [0.1, 0.15) is 26.2 Å². The molecule has 11 nitrogen and oxygen atoms in total. The number of hydrogen-bond donors (Lipinski definition) is 6. The number of benzene rings is 1. The van der Waals surface area contributed by atoms with E-state index in [-0.39, 0.29) is 17.2 Å². The summed E-state index contributed by atoms with van der Waals surface area (Å²) in [5, 5.41) is 29.9. The molecule has 1 saturated heterocycles. The van der Waals surface area contributed by atoms with Gasteiger partial charge in [-0.25, -0.2) is 0 Å². The first kappa shape index (κ1) is 26.4. The molecule has 1 aromatic rings. The Hall–Kier alpha value is -2.89. The number of phenols is 2. The van der Waals surface area contributed by atoms with Crippen LogP contribution in [0.5, 0.6) is 11.5 Å². The molecule has 2 rings (SSSR count). The molecule has 1 aromatic carbocycles. The van der Waals surface area contributed by atoms with Crippen LogP contribution in [0.3, 0.4) is 0 Å². The zero-order valence-corrected chi connectivity index (χ0v) is 19.2. The zero-order valence-electron chi connectivity index (χ0n) is 19.2. The van der Waals surface area contributed by atoms with Crippen LogP contribution in [0, 0.1) is 0 Å². The quantitative estimate of drug-likeness (QED) is 0.326. The van der Waals surface area contributed by atoms with E-state index in [4.69, 9.17) is 5.73 Å². The molecule has 0 unspecified atom stereocenters. The first-order valence-electron chi connectivity index (χ1n) is 11.3. The van der Waals surface area contributed by atoms with Crippen molar-refractivity contribution in [1.29, 1.82) is 0 Å². The number of anilines is 1. The van der Waals surface area contributed by atoms with Crippen molar-refractivity contribution >= 4 is 23.4 Å². The van der Waals surface area contributed by atoms with Gasteiger partial charge in [-0.15, -0.1) is 0 Å². The van der Waals surface area contributed by atoms with Gasteiger partial charge in [0.2, 0.25) is 17.7 Å². The Morgan fingerprint density at radius 1 is 1.00 bits per heavy atom. The fourth-order valence-corrected chi connectivity index (χ4v) is 3.79. The summed E-state index contributed by atoms with van der Waals surface area (Å²) in [7, 11) is 0. The number of nitrogens with one attached hydrogen (secondary N) is 3. The predicted molar refractivity (Wildman–Crippen MR) is 125 cm³/mol. The number of primary amides is 1. The van der Waals surface area contributed by atoms with Crippen molar-refractivity contribution in [3.05, 3.63) is 18.2 Å². The molecule has 1 atom stereocenters. The number of nitrogens with two attached hydrogens (primary N) is 1. The minimum atomic E-state index is -1.22. The molecule has 0 saturated carbocycles. The monoisotopic (exact) mass is 464 g/mol. The van der Waals surface area contributed by atoms with Crippen LogP contribution in [0.2, 0.25) is 0 Å². The van der Waals surface area contributed by atoms with E-state index < -0.39 is 30.2 Å². The molecule has 3 amide bonds. The maximum absolute atomic E-state index is 13.6. The third kappa shape index (κ3) is 8.52. The van der Waals surface area contributed by atoms with Crippen LogP contribution in [-0.2, 0) is 14.4 Å². The number of aromatic hydroxyl groups is 2. The van der Waals surface area contributed by atoms with E-state index in [2.05, 4.69) is 16.0 Å². The van der Waals surface area contributed by atoms with E-state index >= 15 is 0 Å². The zero-order chi connectivity index (χ0) is 24.2. The highest BCUT2D eigenvalue weighted by Gasteiger charge is 2.35. The molecule has 1 heterocycles. The first-order valence-corrected chi connectivity index (χ1v) is 11.3. The van der Waals surface area contributed by atoms with Crippen LogP contribution in [-0.4, -0.2) is 91.2 Å². The molecule has 1 aliphatic heterocycles. The van der Waals surface area contributed by atoms with Gasteiger partial charge in [-0.3, -0.25) is 19.3 Å². The Balaban J connectivity index is 2.28. The second kappa shape index (κ2) is 13.6. The van der Waals surface area contributed by atoms with Crippen LogP contribution >= 0.6 is 0 Å². The molecule has 0 radical (unpaired) electrons. The van der Waals surface area contributed by atoms with Gasteiger partial charge >= 0.3 is 0 Å². The average Bonchev–Trinajstić information content (AvgIpc) is 2.75. The lowest BCUT2D eigenvalue weighted by Gasteiger charge is -2.34. The number of phenolic OH excluding ortho intramolecular Hbond substituents is 2. The molecule has 1 aliphatic rings. The molecule has 11 heteroatoms. The number of carbonyl (C=O) groups excluding carboxylic acids is 3. The highest BCUT2D eigenvalue weighted by atomic mass is 16.3. The van der Waals surface area contributed by atoms with E-state index in [1.807, 2.05) is 0 Å². The highest BCUT2D eigenvalue weighted by Crippen LogP contribution is 2.33. The minimum Gasteiger partial charge on any atom is -0.508 e. The van der Waals surface area contributed by atoms with Crippen molar-refractivity contribution < 1.29 is 24.6 Å². The van der Waals surface area contributed by atoms with E-state index in [9.17, 15) is 24.6 Å². The number of carbonyl (C=O) groups is 3. The van der Waals surface area contributed by atoms with Gasteiger partial charge in [-0.1, -0.05) is 0 Å². The third-order valence-electron chi connectivity index (χ3n) is 5.39. The Morgan fingerprint density at radius 2 is 1.64 bits per heavy atom. The molecular formula is C22H36N6O5. The van der Waals surface area contributed by atoms with Crippen molar-refractivity contribution in [2.24, 2.45) is 5.73 Å². The third-order valence-corrected chi connectivity index (χ3v) is 5.39. The van der Waals surface area contributed by atoms with Crippen LogP contribution in [0.25, 0.3) is 0 Å². The Morgan fingerprint density at radius 3 is 2.24 bits per heavy atom. The molecule has 33 heavy (non-hydrogen) atoms. The molecule has 0 spiro atoms. The Kier molecular flexibility index (Phi) is 10.9. The molecule has 1 fully saturated rings. The molecule has 7 N–H and O–H groups in total. The largest absolute Gasteiger partial charge is 0.508 e. The topological polar surface area (TPSA) is 160 Å². The van der Waals surface area contributed by atoms with Crippen LogP contribution < -0.4 is 26.6 Å². The summed E-state index contributed by atoms with van der Waals surface area (Å²) in [6.45, 7) is 6.75. The van der Waals surface area contributed by atoms with Gasteiger partial charge < -0.3 is 36.8 Å². The summed E-state index contributed by atoms with van der Waals surface area (Å²) in [5.74, 6) is -2.28. The van der Waals surface area contributed by atoms with E-state index in [1.165, 1.54) is 19.1 Å². The molecule has 0 bridgehead atoms. The van der Waals surface area contributed by atoms with Crippen LogP contribution in [0.15, 0.2) is 18.2 Å². The molecular weight excluding hydrogens is 428 g/mol. The summed E-state index contributed by atoms with van der Waals surface area (Å²) in [6, 6.07) is 2.48. The summed E-state index contributed by atoms with van der Waals surface area (Å²) in [6.07, 6.45) is 1.25. The summed E-state index contributed by atoms with van der Waals surface area (Å²) < 4.78 is 0. The van der Waals surface area contributed by atoms with E-state index in [0.29, 0.717) is 32.6 Å². The maximum Gasteiger partial charge on any atom is 0.246 e. The van der Waals surface area contributed by atoms with Crippen molar-refractivity contribution in [3.8, 4) is 11.5 Å². The number of amides is 3. The molecule has 0 aromatic heterocycles. The average molecular weight is 465 g/mol. The van der Waals surface area contributed by atoms with Gasteiger partial charge in [-0.05, 0) is 44.6 Å². The van der Waals surface area contributed by atoms with Gasteiger partial charge in [0.25, 0.3) is 0 Å². The first-order chi connectivity index (χ1) is 15.8. The van der Waals surface area contributed by atoms with E-state index in [1.54, 1.807) is 4.90 Å². The molecule has 184 valence electrons. The SMILES string of the molecule is CC(=O)N(c1ccc(O)cc1O)[C@@H](CC(N)=O)C(=O)N1CCCNCCNCCCNCC1. The van der Waals surface area contributed by atoms with Gasteiger partial charge in [0.1, 0.15) is 17.5 Å². The summed E-state index contributed by atoms with van der Waals surface area (Å²) in [5.41, 5.74) is 5.45. The lowest BCUT2D eigenvalue weighted by atomic mass is 10.1. The summed E-state index contributed by atoms with van der Waals surface area (Å²) in [4.78, 5) is 40.7. The maximum atomic E-state index is 13.6. The number of nitrogens with zero attached hydrogens (tertiary/aromatic N) is 2. The van der Waals surface area contributed by atoms with Crippen molar-refractivity contribution in [3.63, 3.8) is 0 Å². The second-order valence-corrected chi connectivity index (χ2v) is 8.03. The highest BCUT2D eigenvalue weighted by molar-refractivity contribution is 6.02. The second-order valence-electron chi connectivity index (χ2n) is 8.03. The fourth-order valence-electron chi connectivity index (χ4n) is 3.79. The molecule has 0 aliphatic carbocycles. The van der Waals surface area contributed by atoms with Crippen LogP contribution in [0.4, 0.5) is 5.69 Å². The predicted octanol–water partition coefficient (Wildman–Crippen LogP) is -0.914. The van der Waals surface area contributed by atoms with Gasteiger partial charge in [0, 0.05) is 45.7 Å². The number of hydrogen-bond acceptors (Lipinski definition) is 8. The normalized spacial score (nSPS) is 17.5. The van der Waals surface area contributed by atoms with E-state index in [0.717, 1.165) is 43.6 Å². The lowest BCUT2D eigenvalue weighted by Crippen LogP contribution is -2.53. The standard InChI is InChI=1S/C22H36N6O5/c1-16(29)28(18-5-4-17(30)14-20(18)31)19(15-21(23)32)22(33)27-12-3-8-25-10-9-24-6-2-7-26-11-13-27/h4-5,14,19,24-26,30-31H,2-3,6-13,15H2,1H3,(H2,23,32)/t19-/m0/s1.